The Morgan fingerprint density at radius 3 is 2.47 bits per heavy atom. The van der Waals surface area contributed by atoms with Crippen LogP contribution >= 0.6 is 0 Å². The molecule has 0 fully saturated rings. The Kier molecular flexibility index (Phi) is 5.83. The van der Waals surface area contributed by atoms with Crippen LogP contribution in [0.15, 0.2) is 0 Å². The summed E-state index contributed by atoms with van der Waals surface area (Å²) >= 11 is 0. The highest BCUT2D eigenvalue weighted by Crippen LogP contribution is 2.08. The second-order valence-corrected chi connectivity index (χ2v) is 4.06. The Bertz CT molecular complexity index is 343. The molecule has 1 rings (SSSR count). The summed E-state index contributed by atoms with van der Waals surface area (Å²) < 4.78 is 5.04. The number of ether oxygens (including phenoxy) is 1. The Hall–Kier alpha value is -1.23. The maximum Gasteiger partial charge on any atom is 0.243 e. The van der Waals surface area contributed by atoms with Crippen LogP contribution in [-0.2, 0) is 17.6 Å². The molecular weight excluding hydrogens is 216 g/mol. The van der Waals surface area contributed by atoms with Crippen molar-refractivity contribution < 1.29 is 4.74 Å². The predicted molar refractivity (Wildman–Crippen MR) is 68.2 cm³/mol. The molecule has 0 amide bonds. The second kappa shape index (κ2) is 7.17. The molecule has 96 valence electrons. The smallest absolute Gasteiger partial charge is 0.243 e. The number of methoxy groups -OCH3 is 1. The fourth-order valence-corrected chi connectivity index (χ4v) is 1.59. The van der Waals surface area contributed by atoms with Crippen LogP contribution in [0.2, 0.25) is 0 Å². The zero-order valence-electron chi connectivity index (χ0n) is 11.2. The minimum Gasteiger partial charge on any atom is -0.385 e. The molecule has 0 aliphatic rings. The lowest BCUT2D eigenvalue weighted by Crippen LogP contribution is -2.20. The molecule has 0 aliphatic heterocycles. The zero-order chi connectivity index (χ0) is 12.7. The van der Waals surface area contributed by atoms with Crippen molar-refractivity contribution in [3.05, 3.63) is 11.4 Å². The van der Waals surface area contributed by atoms with Crippen molar-refractivity contribution in [2.45, 2.75) is 46.1 Å². The van der Waals surface area contributed by atoms with Crippen LogP contribution < -0.4 is 5.32 Å². The van der Waals surface area contributed by atoms with Crippen molar-refractivity contribution in [3.8, 4) is 0 Å². The van der Waals surface area contributed by atoms with E-state index in [0.717, 1.165) is 37.3 Å². The lowest BCUT2D eigenvalue weighted by molar-refractivity contribution is 0.191. The van der Waals surface area contributed by atoms with E-state index in [9.17, 15) is 0 Å². The number of nitrogens with one attached hydrogen (secondary N) is 1. The maximum atomic E-state index is 5.04. The summed E-state index contributed by atoms with van der Waals surface area (Å²) in [6.07, 6.45) is 2.69. The number of aromatic nitrogens is 3. The van der Waals surface area contributed by atoms with E-state index >= 15 is 0 Å². The number of hydrogen-bond donors (Lipinski definition) is 1. The van der Waals surface area contributed by atoms with Crippen molar-refractivity contribution in [1.82, 2.24) is 15.2 Å². The van der Waals surface area contributed by atoms with Crippen LogP contribution in [0.1, 0.15) is 38.6 Å². The first-order chi connectivity index (χ1) is 8.21. The normalized spacial score (nSPS) is 12.5. The highest BCUT2D eigenvalue weighted by molar-refractivity contribution is 5.26. The summed E-state index contributed by atoms with van der Waals surface area (Å²) in [5.41, 5.74) is 2.02. The molecule has 1 aromatic heterocycles. The van der Waals surface area contributed by atoms with Crippen molar-refractivity contribution >= 4 is 5.95 Å². The van der Waals surface area contributed by atoms with E-state index in [0.29, 0.717) is 5.95 Å². The monoisotopic (exact) mass is 238 g/mol. The van der Waals surface area contributed by atoms with Gasteiger partial charge in [0.05, 0.1) is 11.4 Å². The van der Waals surface area contributed by atoms with E-state index < -0.39 is 0 Å². The molecule has 0 bridgehead atoms. The molecule has 5 heteroatoms. The van der Waals surface area contributed by atoms with E-state index in [2.05, 4.69) is 41.3 Å². The first-order valence-electron chi connectivity index (χ1n) is 6.19. The van der Waals surface area contributed by atoms with Gasteiger partial charge < -0.3 is 10.1 Å². The molecule has 1 unspecified atom stereocenters. The molecule has 17 heavy (non-hydrogen) atoms. The third-order valence-corrected chi connectivity index (χ3v) is 2.64. The molecule has 1 aromatic rings. The Balaban J connectivity index is 2.65. The lowest BCUT2D eigenvalue weighted by Gasteiger charge is -2.13. The molecule has 0 aromatic carbocycles. The van der Waals surface area contributed by atoms with Crippen molar-refractivity contribution in [2.75, 3.05) is 19.0 Å². The summed E-state index contributed by atoms with van der Waals surface area (Å²) in [6.45, 7) is 6.97. The highest BCUT2D eigenvalue weighted by Gasteiger charge is 2.08. The van der Waals surface area contributed by atoms with Crippen LogP contribution in [0.5, 0.6) is 0 Å². The largest absolute Gasteiger partial charge is 0.385 e. The standard InChI is InChI=1S/C12H22N4O/c1-5-10-11(6-2)15-16-12(14-10)13-9(3)7-8-17-4/h9H,5-8H2,1-4H3,(H,13,14,16). The molecule has 1 N–H and O–H groups in total. The Morgan fingerprint density at radius 1 is 1.18 bits per heavy atom. The number of nitrogens with zero attached hydrogens (tertiary/aromatic N) is 3. The number of aryl methyl sites for hydroxylation is 2. The number of hydrogen-bond acceptors (Lipinski definition) is 5. The molecule has 1 heterocycles. The molecule has 1 atom stereocenters. The third-order valence-electron chi connectivity index (χ3n) is 2.64. The van der Waals surface area contributed by atoms with Crippen LogP contribution in [0.25, 0.3) is 0 Å². The van der Waals surface area contributed by atoms with E-state index in [1.807, 2.05) is 0 Å². The van der Waals surface area contributed by atoms with Gasteiger partial charge in [0.15, 0.2) is 0 Å². The van der Waals surface area contributed by atoms with E-state index in [1.165, 1.54) is 0 Å². The zero-order valence-corrected chi connectivity index (χ0v) is 11.2. The summed E-state index contributed by atoms with van der Waals surface area (Å²) in [7, 11) is 1.70. The van der Waals surface area contributed by atoms with Gasteiger partial charge >= 0.3 is 0 Å². The van der Waals surface area contributed by atoms with E-state index in [4.69, 9.17) is 4.74 Å². The molecule has 0 aliphatic carbocycles. The number of rotatable bonds is 7. The summed E-state index contributed by atoms with van der Waals surface area (Å²) in [5.74, 6) is 0.614. The van der Waals surface area contributed by atoms with Gasteiger partial charge in [-0.2, -0.15) is 5.10 Å². The molecule has 0 saturated heterocycles. The average Bonchev–Trinajstić information content (AvgIpc) is 2.36. The van der Waals surface area contributed by atoms with Crippen molar-refractivity contribution in [3.63, 3.8) is 0 Å². The van der Waals surface area contributed by atoms with E-state index in [1.54, 1.807) is 7.11 Å². The minimum absolute atomic E-state index is 0.286. The van der Waals surface area contributed by atoms with Gasteiger partial charge in [-0.3, -0.25) is 0 Å². The predicted octanol–water partition coefficient (Wildman–Crippen LogP) is 1.83. The first-order valence-corrected chi connectivity index (χ1v) is 6.19. The topological polar surface area (TPSA) is 59.9 Å². The van der Waals surface area contributed by atoms with Gasteiger partial charge in [-0.05, 0) is 26.2 Å². The van der Waals surface area contributed by atoms with Gasteiger partial charge in [-0.25, -0.2) is 4.98 Å². The Labute approximate surface area is 103 Å². The average molecular weight is 238 g/mol. The van der Waals surface area contributed by atoms with Crippen LogP contribution in [0.3, 0.4) is 0 Å². The SMILES string of the molecule is CCc1nnc(NC(C)CCOC)nc1CC. The molecule has 0 saturated carbocycles. The van der Waals surface area contributed by atoms with Crippen LogP contribution in [0.4, 0.5) is 5.95 Å². The minimum atomic E-state index is 0.286. The van der Waals surface area contributed by atoms with Gasteiger partial charge in [0.1, 0.15) is 0 Å². The van der Waals surface area contributed by atoms with Gasteiger partial charge in [0.25, 0.3) is 0 Å². The molecule has 0 spiro atoms. The first kappa shape index (κ1) is 13.8. The fraction of sp³-hybridized carbons (Fsp3) is 0.750. The summed E-state index contributed by atoms with van der Waals surface area (Å²) in [4.78, 5) is 4.48. The maximum absolute atomic E-state index is 5.04. The van der Waals surface area contributed by atoms with Gasteiger partial charge in [0.2, 0.25) is 5.95 Å². The summed E-state index contributed by atoms with van der Waals surface area (Å²) in [6, 6.07) is 0.286. The third kappa shape index (κ3) is 4.26. The van der Waals surface area contributed by atoms with E-state index in [-0.39, 0.29) is 6.04 Å². The van der Waals surface area contributed by atoms with Crippen LogP contribution in [0, 0.1) is 0 Å². The fourth-order valence-electron chi connectivity index (χ4n) is 1.59. The lowest BCUT2D eigenvalue weighted by atomic mass is 10.2. The van der Waals surface area contributed by atoms with Gasteiger partial charge in [-0.1, -0.05) is 13.8 Å². The Morgan fingerprint density at radius 2 is 1.88 bits per heavy atom. The van der Waals surface area contributed by atoms with Crippen molar-refractivity contribution in [1.29, 1.82) is 0 Å². The summed E-state index contributed by atoms with van der Waals surface area (Å²) in [5, 5.41) is 11.5. The second-order valence-electron chi connectivity index (χ2n) is 4.06. The highest BCUT2D eigenvalue weighted by atomic mass is 16.5. The quantitative estimate of drug-likeness (QED) is 0.785. The van der Waals surface area contributed by atoms with Crippen LogP contribution in [-0.4, -0.2) is 34.9 Å². The molecule has 5 nitrogen and oxygen atoms in total. The van der Waals surface area contributed by atoms with Crippen molar-refractivity contribution in [2.24, 2.45) is 0 Å². The van der Waals surface area contributed by atoms with Gasteiger partial charge in [0, 0.05) is 19.8 Å². The van der Waals surface area contributed by atoms with Gasteiger partial charge in [-0.15, -0.1) is 5.10 Å². The number of anilines is 1. The molecule has 0 radical (unpaired) electrons. The molecular formula is C12H22N4O.